The first kappa shape index (κ1) is 15.0. The zero-order chi connectivity index (χ0) is 14.5. The van der Waals surface area contributed by atoms with Crippen molar-refractivity contribution in [1.82, 2.24) is 0 Å². The van der Waals surface area contributed by atoms with Crippen molar-refractivity contribution in [1.29, 1.82) is 0 Å². The molecule has 0 N–H and O–H groups in total. The summed E-state index contributed by atoms with van der Waals surface area (Å²) in [5.74, 6) is 0. The first-order valence-corrected chi connectivity index (χ1v) is 8.20. The van der Waals surface area contributed by atoms with E-state index >= 15 is 0 Å². The predicted octanol–water partition coefficient (Wildman–Crippen LogP) is 3.58. The fourth-order valence-electron chi connectivity index (χ4n) is 2.90. The summed E-state index contributed by atoms with van der Waals surface area (Å²) in [6.45, 7) is 1.27. The molecule has 21 heavy (non-hydrogen) atoms. The molecule has 1 aromatic rings. The van der Waals surface area contributed by atoms with Gasteiger partial charge in [0.1, 0.15) is 0 Å². The largest absolute Gasteiger partial charge is 0.374 e. The van der Waals surface area contributed by atoms with Crippen LogP contribution in [0.2, 0.25) is 0 Å². The van der Waals surface area contributed by atoms with Crippen molar-refractivity contribution in [3.63, 3.8) is 0 Å². The Bertz CT molecular complexity index is 496. The van der Waals surface area contributed by atoms with Crippen molar-refractivity contribution >= 4 is 15.9 Å². The molecule has 2 aliphatic heterocycles. The summed E-state index contributed by atoms with van der Waals surface area (Å²) in [4.78, 5) is 1.71. The number of hydrogen-bond acceptors (Lipinski definition) is 3. The molecule has 3 rings (SSSR count). The highest BCUT2D eigenvalue weighted by atomic mass is 79.9. The summed E-state index contributed by atoms with van der Waals surface area (Å²) in [6.07, 6.45) is 4.45. The third-order valence-corrected chi connectivity index (χ3v) is 4.12. The van der Waals surface area contributed by atoms with Crippen molar-refractivity contribution in [2.45, 2.75) is 43.9 Å². The topological polar surface area (TPSA) is 27.7 Å². The standard InChI is InChI=1S/C17H19BrO3/c18-8-4-7-14-9-16-17(20-14)10-15(21-16)12-19-11-13-5-2-1-3-6-13/h1-3,5-8,14-17H,9-12H2/t4?,14-,15-,16-,17-/m1/s1. The van der Waals surface area contributed by atoms with E-state index in [9.17, 15) is 0 Å². The third kappa shape index (κ3) is 4.06. The van der Waals surface area contributed by atoms with Crippen molar-refractivity contribution < 1.29 is 14.2 Å². The Morgan fingerprint density at radius 3 is 2.76 bits per heavy atom. The molecular formula is C17H19BrO3. The van der Waals surface area contributed by atoms with Crippen LogP contribution in [0.3, 0.4) is 0 Å². The Kier molecular flexibility index (Phi) is 5.28. The van der Waals surface area contributed by atoms with Crippen molar-refractivity contribution in [3.8, 4) is 0 Å². The molecule has 3 nitrogen and oxygen atoms in total. The van der Waals surface area contributed by atoms with Crippen LogP contribution in [0, 0.1) is 0 Å². The molecule has 0 aliphatic carbocycles. The maximum atomic E-state index is 6.01. The van der Waals surface area contributed by atoms with Crippen LogP contribution in [0.5, 0.6) is 0 Å². The summed E-state index contributed by atoms with van der Waals surface area (Å²) >= 11 is 3.20. The Morgan fingerprint density at radius 2 is 2.00 bits per heavy atom. The summed E-state index contributed by atoms with van der Waals surface area (Å²) in [5, 5.41) is 0. The van der Waals surface area contributed by atoms with E-state index in [1.54, 1.807) is 4.99 Å². The summed E-state index contributed by atoms with van der Waals surface area (Å²) < 4.78 is 17.7. The van der Waals surface area contributed by atoms with Gasteiger partial charge in [0.15, 0.2) is 0 Å². The molecular weight excluding hydrogens is 332 g/mol. The number of hydrogen-bond donors (Lipinski definition) is 0. The molecule has 2 heterocycles. The number of ether oxygens (including phenoxy) is 3. The van der Waals surface area contributed by atoms with Gasteiger partial charge < -0.3 is 14.2 Å². The maximum Gasteiger partial charge on any atom is 0.0871 e. The number of rotatable bonds is 5. The average Bonchev–Trinajstić information content (AvgIpc) is 3.04. The van der Waals surface area contributed by atoms with Gasteiger partial charge >= 0.3 is 0 Å². The fourth-order valence-corrected chi connectivity index (χ4v) is 3.05. The average molecular weight is 351 g/mol. The van der Waals surface area contributed by atoms with Gasteiger partial charge in [0, 0.05) is 17.8 Å². The van der Waals surface area contributed by atoms with E-state index in [0.29, 0.717) is 13.2 Å². The number of halogens is 1. The van der Waals surface area contributed by atoms with Crippen LogP contribution >= 0.6 is 15.9 Å². The van der Waals surface area contributed by atoms with Crippen LogP contribution in [0.1, 0.15) is 18.4 Å². The monoisotopic (exact) mass is 350 g/mol. The van der Waals surface area contributed by atoms with E-state index in [0.717, 1.165) is 12.8 Å². The van der Waals surface area contributed by atoms with E-state index in [2.05, 4.69) is 33.8 Å². The summed E-state index contributed by atoms with van der Waals surface area (Å²) in [7, 11) is 0. The lowest BCUT2D eigenvalue weighted by molar-refractivity contribution is -0.0197. The van der Waals surface area contributed by atoms with Gasteiger partial charge in [-0.2, -0.15) is 0 Å². The highest BCUT2D eigenvalue weighted by Gasteiger charge is 2.43. The van der Waals surface area contributed by atoms with Crippen molar-refractivity contribution in [2.75, 3.05) is 6.61 Å². The SMILES string of the molecule is BrC=C=C[C@@H]1C[C@H]2O[C@@H](COCc3ccccc3)C[C@H]2O1. The number of benzene rings is 1. The van der Waals surface area contributed by atoms with Gasteiger partial charge in [-0.1, -0.05) is 46.3 Å². The lowest BCUT2D eigenvalue weighted by Crippen LogP contribution is -2.18. The van der Waals surface area contributed by atoms with Crippen LogP contribution in [-0.2, 0) is 20.8 Å². The normalized spacial score (nSPS) is 30.7. The molecule has 0 unspecified atom stereocenters. The Hall–Kier alpha value is -0.900. The molecule has 112 valence electrons. The molecule has 0 spiro atoms. The molecule has 0 saturated carbocycles. The minimum absolute atomic E-state index is 0.125. The van der Waals surface area contributed by atoms with E-state index in [4.69, 9.17) is 14.2 Å². The molecule has 1 aromatic carbocycles. The van der Waals surface area contributed by atoms with Crippen LogP contribution in [0.15, 0.2) is 47.1 Å². The highest BCUT2D eigenvalue weighted by molar-refractivity contribution is 9.11. The van der Waals surface area contributed by atoms with Gasteiger partial charge in [0.25, 0.3) is 0 Å². The van der Waals surface area contributed by atoms with Crippen molar-refractivity contribution in [2.24, 2.45) is 0 Å². The van der Waals surface area contributed by atoms with Crippen LogP contribution in [-0.4, -0.2) is 31.0 Å². The minimum atomic E-state index is 0.125. The van der Waals surface area contributed by atoms with E-state index < -0.39 is 0 Å². The first-order chi connectivity index (χ1) is 10.3. The smallest absolute Gasteiger partial charge is 0.0871 e. The zero-order valence-corrected chi connectivity index (χ0v) is 13.4. The van der Waals surface area contributed by atoms with Crippen LogP contribution in [0.4, 0.5) is 0 Å². The fraction of sp³-hybridized carbons (Fsp3) is 0.471. The molecule has 2 fully saturated rings. The summed E-state index contributed by atoms with van der Waals surface area (Å²) in [5.41, 5.74) is 4.20. The van der Waals surface area contributed by atoms with Gasteiger partial charge in [0.2, 0.25) is 0 Å². The minimum Gasteiger partial charge on any atom is -0.374 e. The van der Waals surface area contributed by atoms with E-state index in [1.165, 1.54) is 5.56 Å². The molecule has 0 aromatic heterocycles. The lowest BCUT2D eigenvalue weighted by Gasteiger charge is -2.13. The quantitative estimate of drug-likeness (QED) is 0.759. The Balaban J connectivity index is 1.40. The first-order valence-electron chi connectivity index (χ1n) is 7.29. The third-order valence-electron chi connectivity index (χ3n) is 3.85. The van der Waals surface area contributed by atoms with Gasteiger partial charge in [0.05, 0.1) is 37.6 Å². The van der Waals surface area contributed by atoms with Gasteiger partial charge in [-0.05, 0) is 11.6 Å². The van der Waals surface area contributed by atoms with E-state index in [1.807, 2.05) is 24.3 Å². The Morgan fingerprint density at radius 1 is 1.19 bits per heavy atom. The summed E-state index contributed by atoms with van der Waals surface area (Å²) in [6, 6.07) is 10.2. The van der Waals surface area contributed by atoms with Crippen molar-refractivity contribution in [3.05, 3.63) is 52.7 Å². The Labute approximate surface area is 133 Å². The molecule has 0 bridgehead atoms. The van der Waals surface area contributed by atoms with Crippen LogP contribution < -0.4 is 0 Å². The molecule has 0 radical (unpaired) electrons. The zero-order valence-electron chi connectivity index (χ0n) is 11.8. The second-order valence-electron chi connectivity index (χ2n) is 5.42. The van der Waals surface area contributed by atoms with Gasteiger partial charge in [-0.15, -0.1) is 5.73 Å². The van der Waals surface area contributed by atoms with Gasteiger partial charge in [-0.25, -0.2) is 0 Å². The molecule has 2 aliphatic rings. The van der Waals surface area contributed by atoms with Crippen LogP contribution in [0.25, 0.3) is 0 Å². The molecule has 2 saturated heterocycles. The highest BCUT2D eigenvalue weighted by Crippen LogP contribution is 2.34. The molecule has 0 amide bonds. The second kappa shape index (κ2) is 7.39. The predicted molar refractivity (Wildman–Crippen MR) is 84.2 cm³/mol. The van der Waals surface area contributed by atoms with E-state index in [-0.39, 0.29) is 24.4 Å². The molecule has 4 atom stereocenters. The molecule has 4 heteroatoms. The lowest BCUT2D eigenvalue weighted by atomic mass is 10.1. The second-order valence-corrected chi connectivity index (χ2v) is 5.88. The van der Waals surface area contributed by atoms with Gasteiger partial charge in [-0.3, -0.25) is 0 Å². The number of fused-ring (bicyclic) bond motifs is 1. The maximum absolute atomic E-state index is 6.01.